The van der Waals surface area contributed by atoms with Crippen LogP contribution in [0.2, 0.25) is 0 Å². The standard InChI is InChI=1S/C13H18BrNO3/c1-3-4-7-18-13(16)9-15-11-8-10(14)5-6-12(11)17-2/h5-6,8,15H,3-4,7,9H2,1-2H3. The Morgan fingerprint density at radius 3 is 2.89 bits per heavy atom. The maximum atomic E-state index is 11.4. The molecule has 0 radical (unpaired) electrons. The lowest BCUT2D eigenvalue weighted by Gasteiger charge is -2.11. The van der Waals surface area contributed by atoms with Gasteiger partial charge >= 0.3 is 5.97 Å². The lowest BCUT2D eigenvalue weighted by Crippen LogP contribution is -2.17. The van der Waals surface area contributed by atoms with Gasteiger partial charge in [-0.25, -0.2) is 0 Å². The number of halogens is 1. The summed E-state index contributed by atoms with van der Waals surface area (Å²) in [6.45, 7) is 2.67. The number of benzene rings is 1. The van der Waals surface area contributed by atoms with Crippen molar-refractivity contribution < 1.29 is 14.3 Å². The van der Waals surface area contributed by atoms with Crippen LogP contribution < -0.4 is 10.1 Å². The molecule has 1 N–H and O–H groups in total. The fourth-order valence-corrected chi connectivity index (χ4v) is 1.73. The van der Waals surface area contributed by atoms with E-state index in [9.17, 15) is 4.79 Å². The van der Waals surface area contributed by atoms with Crippen LogP contribution in [0.15, 0.2) is 22.7 Å². The average Bonchev–Trinajstić information content (AvgIpc) is 2.37. The predicted molar refractivity (Wildman–Crippen MR) is 75.1 cm³/mol. The first-order valence-corrected chi connectivity index (χ1v) is 6.69. The third kappa shape index (κ3) is 4.96. The first-order valence-electron chi connectivity index (χ1n) is 5.90. The topological polar surface area (TPSA) is 47.6 Å². The first-order chi connectivity index (χ1) is 8.67. The quantitative estimate of drug-likeness (QED) is 0.620. The van der Waals surface area contributed by atoms with Gasteiger partial charge in [0.2, 0.25) is 0 Å². The minimum atomic E-state index is -0.259. The summed E-state index contributed by atoms with van der Waals surface area (Å²) in [7, 11) is 1.59. The number of unbranched alkanes of at least 4 members (excludes halogenated alkanes) is 1. The fraction of sp³-hybridized carbons (Fsp3) is 0.462. The van der Waals surface area contributed by atoms with Gasteiger partial charge in [0.1, 0.15) is 12.3 Å². The molecule has 0 aliphatic rings. The van der Waals surface area contributed by atoms with E-state index in [1.807, 2.05) is 18.2 Å². The highest BCUT2D eigenvalue weighted by Crippen LogP contribution is 2.27. The van der Waals surface area contributed by atoms with Gasteiger partial charge in [-0.1, -0.05) is 29.3 Å². The monoisotopic (exact) mass is 315 g/mol. The van der Waals surface area contributed by atoms with Crippen molar-refractivity contribution in [2.24, 2.45) is 0 Å². The van der Waals surface area contributed by atoms with Gasteiger partial charge in [-0.2, -0.15) is 0 Å². The fourth-order valence-electron chi connectivity index (χ4n) is 1.37. The largest absolute Gasteiger partial charge is 0.495 e. The number of carbonyl (C=O) groups excluding carboxylic acids is 1. The molecule has 1 aromatic rings. The second-order valence-electron chi connectivity index (χ2n) is 3.77. The Bertz CT molecular complexity index is 396. The zero-order chi connectivity index (χ0) is 13.4. The molecule has 18 heavy (non-hydrogen) atoms. The Labute approximate surface area is 116 Å². The molecule has 0 bridgehead atoms. The van der Waals surface area contributed by atoms with Crippen molar-refractivity contribution >= 4 is 27.6 Å². The normalized spacial score (nSPS) is 9.94. The van der Waals surface area contributed by atoms with Gasteiger partial charge in [-0.05, 0) is 24.6 Å². The molecule has 0 spiro atoms. The number of ether oxygens (including phenoxy) is 2. The minimum Gasteiger partial charge on any atom is -0.495 e. The lowest BCUT2D eigenvalue weighted by atomic mass is 10.3. The van der Waals surface area contributed by atoms with E-state index in [0.29, 0.717) is 12.4 Å². The van der Waals surface area contributed by atoms with Crippen LogP contribution in [-0.4, -0.2) is 26.2 Å². The van der Waals surface area contributed by atoms with Gasteiger partial charge < -0.3 is 14.8 Å². The van der Waals surface area contributed by atoms with E-state index < -0.39 is 0 Å². The van der Waals surface area contributed by atoms with E-state index in [4.69, 9.17) is 9.47 Å². The Hall–Kier alpha value is -1.23. The molecule has 0 fully saturated rings. The molecule has 0 amide bonds. The van der Waals surface area contributed by atoms with Crippen molar-refractivity contribution in [3.05, 3.63) is 22.7 Å². The van der Waals surface area contributed by atoms with Crippen LogP contribution >= 0.6 is 15.9 Å². The van der Waals surface area contributed by atoms with Gasteiger partial charge in [0.15, 0.2) is 0 Å². The second-order valence-corrected chi connectivity index (χ2v) is 4.69. The zero-order valence-electron chi connectivity index (χ0n) is 10.7. The van der Waals surface area contributed by atoms with Crippen LogP contribution in [0.5, 0.6) is 5.75 Å². The Morgan fingerprint density at radius 1 is 1.44 bits per heavy atom. The van der Waals surface area contributed by atoms with Crippen LogP contribution in [-0.2, 0) is 9.53 Å². The molecule has 5 heteroatoms. The molecule has 0 atom stereocenters. The van der Waals surface area contributed by atoms with Crippen molar-refractivity contribution in [3.63, 3.8) is 0 Å². The number of carbonyl (C=O) groups is 1. The molecule has 0 heterocycles. The molecule has 100 valence electrons. The van der Waals surface area contributed by atoms with Crippen LogP contribution in [0.25, 0.3) is 0 Å². The Balaban J connectivity index is 2.47. The average molecular weight is 316 g/mol. The molecular formula is C13H18BrNO3. The van der Waals surface area contributed by atoms with Crippen molar-refractivity contribution in [3.8, 4) is 5.75 Å². The molecule has 0 unspecified atom stereocenters. The minimum absolute atomic E-state index is 0.135. The van der Waals surface area contributed by atoms with E-state index in [-0.39, 0.29) is 12.5 Å². The van der Waals surface area contributed by atoms with Gasteiger partial charge in [0, 0.05) is 4.47 Å². The van der Waals surface area contributed by atoms with Gasteiger partial charge in [-0.3, -0.25) is 4.79 Å². The first kappa shape index (κ1) is 14.8. The smallest absolute Gasteiger partial charge is 0.325 e. The van der Waals surface area contributed by atoms with Crippen molar-refractivity contribution in [1.29, 1.82) is 0 Å². The Kier molecular flexibility index (Phi) is 6.57. The maximum Gasteiger partial charge on any atom is 0.325 e. The number of rotatable bonds is 7. The zero-order valence-corrected chi connectivity index (χ0v) is 12.2. The number of methoxy groups -OCH3 is 1. The van der Waals surface area contributed by atoms with Gasteiger partial charge in [0.05, 0.1) is 19.4 Å². The highest BCUT2D eigenvalue weighted by Gasteiger charge is 2.06. The highest BCUT2D eigenvalue weighted by molar-refractivity contribution is 9.10. The summed E-state index contributed by atoms with van der Waals surface area (Å²) < 4.78 is 11.2. The third-order valence-electron chi connectivity index (χ3n) is 2.35. The van der Waals surface area contributed by atoms with Crippen LogP contribution in [0, 0.1) is 0 Å². The molecule has 1 aromatic carbocycles. The number of esters is 1. The SMILES string of the molecule is CCCCOC(=O)CNc1cc(Br)ccc1OC. The molecular weight excluding hydrogens is 298 g/mol. The summed E-state index contributed by atoms with van der Waals surface area (Å²) >= 11 is 3.37. The van der Waals surface area contributed by atoms with Gasteiger partial charge in [-0.15, -0.1) is 0 Å². The summed E-state index contributed by atoms with van der Waals surface area (Å²) in [4.78, 5) is 11.4. The second kappa shape index (κ2) is 7.97. The molecule has 0 aromatic heterocycles. The molecule has 0 saturated heterocycles. The molecule has 4 nitrogen and oxygen atoms in total. The number of anilines is 1. The molecule has 1 rings (SSSR count). The summed E-state index contributed by atoms with van der Waals surface area (Å²) in [6.07, 6.45) is 1.91. The predicted octanol–water partition coefficient (Wildman–Crippen LogP) is 3.21. The van der Waals surface area contributed by atoms with Crippen LogP contribution in [0.4, 0.5) is 5.69 Å². The van der Waals surface area contributed by atoms with E-state index in [0.717, 1.165) is 23.0 Å². The maximum absolute atomic E-state index is 11.4. The summed E-state index contributed by atoms with van der Waals surface area (Å²) in [6, 6.07) is 5.57. The lowest BCUT2D eigenvalue weighted by molar-refractivity contribution is -0.141. The third-order valence-corrected chi connectivity index (χ3v) is 2.84. The number of hydrogen-bond acceptors (Lipinski definition) is 4. The van der Waals surface area contributed by atoms with Crippen molar-refractivity contribution in [2.45, 2.75) is 19.8 Å². The summed E-state index contributed by atoms with van der Waals surface area (Å²) in [5.41, 5.74) is 0.763. The van der Waals surface area contributed by atoms with Crippen LogP contribution in [0.1, 0.15) is 19.8 Å². The van der Waals surface area contributed by atoms with E-state index in [2.05, 4.69) is 28.2 Å². The number of nitrogens with one attached hydrogen (secondary N) is 1. The number of hydrogen-bond donors (Lipinski definition) is 1. The molecule has 0 saturated carbocycles. The summed E-state index contributed by atoms with van der Waals surface area (Å²) in [5.74, 6) is 0.435. The van der Waals surface area contributed by atoms with Crippen LogP contribution in [0.3, 0.4) is 0 Å². The van der Waals surface area contributed by atoms with E-state index >= 15 is 0 Å². The van der Waals surface area contributed by atoms with Gasteiger partial charge in [0.25, 0.3) is 0 Å². The van der Waals surface area contributed by atoms with Crippen molar-refractivity contribution in [2.75, 3.05) is 25.6 Å². The van der Waals surface area contributed by atoms with E-state index in [1.165, 1.54) is 0 Å². The van der Waals surface area contributed by atoms with Crippen molar-refractivity contribution in [1.82, 2.24) is 0 Å². The molecule has 0 aliphatic carbocycles. The van der Waals surface area contributed by atoms with E-state index in [1.54, 1.807) is 7.11 Å². The highest BCUT2D eigenvalue weighted by atomic mass is 79.9. The molecule has 0 aliphatic heterocycles. The Morgan fingerprint density at radius 2 is 2.22 bits per heavy atom. The summed E-state index contributed by atoms with van der Waals surface area (Å²) in [5, 5.41) is 3.00.